The van der Waals surface area contributed by atoms with E-state index in [0.717, 1.165) is 31.4 Å². The first-order valence-electron chi connectivity index (χ1n) is 6.17. The molecule has 0 radical (unpaired) electrons. The molecule has 2 heterocycles. The van der Waals surface area contributed by atoms with Crippen LogP contribution in [0.15, 0.2) is 0 Å². The average molecular weight is 223 g/mol. The van der Waals surface area contributed by atoms with Crippen LogP contribution in [0.25, 0.3) is 0 Å². The van der Waals surface area contributed by atoms with Crippen LogP contribution in [-0.4, -0.2) is 40.9 Å². The number of nitrogens with zero attached hydrogens (tertiary/aromatic N) is 3. The minimum absolute atomic E-state index is 0.677. The molecule has 0 aromatic carbocycles. The van der Waals surface area contributed by atoms with E-state index in [0.29, 0.717) is 6.04 Å². The van der Waals surface area contributed by atoms with Gasteiger partial charge in [0.2, 0.25) is 5.95 Å². The molecule has 5 heteroatoms. The number of rotatable bonds is 4. The molecule has 0 aliphatic carbocycles. The topological polar surface area (TPSA) is 56.8 Å². The van der Waals surface area contributed by atoms with Crippen molar-refractivity contribution in [2.24, 2.45) is 0 Å². The van der Waals surface area contributed by atoms with Crippen LogP contribution in [0.1, 0.15) is 32.0 Å². The first-order valence-corrected chi connectivity index (χ1v) is 6.17. The van der Waals surface area contributed by atoms with Gasteiger partial charge in [-0.05, 0) is 32.7 Å². The molecule has 0 unspecified atom stereocenters. The van der Waals surface area contributed by atoms with Crippen LogP contribution in [0.3, 0.4) is 0 Å². The number of aromatic nitrogens is 3. The van der Waals surface area contributed by atoms with Crippen molar-refractivity contribution in [3.63, 3.8) is 0 Å². The lowest BCUT2D eigenvalue weighted by molar-refractivity contribution is 0.413. The van der Waals surface area contributed by atoms with Crippen molar-refractivity contribution in [2.75, 3.05) is 24.5 Å². The highest BCUT2D eigenvalue weighted by Crippen LogP contribution is 2.15. The maximum Gasteiger partial charge on any atom is 0.244 e. The smallest absolute Gasteiger partial charge is 0.244 e. The summed E-state index contributed by atoms with van der Waals surface area (Å²) in [6.07, 6.45) is 3.58. The summed E-state index contributed by atoms with van der Waals surface area (Å²) in [5, 5.41) is 10.7. The Morgan fingerprint density at radius 2 is 2.19 bits per heavy atom. The molecule has 1 aliphatic rings. The summed E-state index contributed by atoms with van der Waals surface area (Å²) >= 11 is 0. The van der Waals surface area contributed by atoms with E-state index >= 15 is 0 Å². The minimum atomic E-state index is 0.677. The third kappa shape index (κ3) is 2.72. The molecule has 0 atom stereocenters. The molecule has 0 amide bonds. The summed E-state index contributed by atoms with van der Waals surface area (Å²) in [5.41, 5.74) is 0. The van der Waals surface area contributed by atoms with E-state index in [1.807, 2.05) is 6.92 Å². The quantitative estimate of drug-likeness (QED) is 0.802. The number of H-pyrrole nitrogens is 1. The highest BCUT2D eigenvalue weighted by Gasteiger charge is 2.20. The van der Waals surface area contributed by atoms with E-state index in [1.165, 1.54) is 19.3 Å². The Hall–Kier alpha value is -1.10. The molecule has 90 valence electrons. The van der Waals surface area contributed by atoms with Gasteiger partial charge in [0, 0.05) is 19.1 Å². The highest BCUT2D eigenvalue weighted by atomic mass is 15.4. The zero-order valence-electron chi connectivity index (χ0n) is 10.2. The molecule has 1 aliphatic heterocycles. The van der Waals surface area contributed by atoms with Gasteiger partial charge in [-0.1, -0.05) is 6.92 Å². The second-order valence-electron chi connectivity index (χ2n) is 4.44. The van der Waals surface area contributed by atoms with Crippen LogP contribution in [0.2, 0.25) is 0 Å². The van der Waals surface area contributed by atoms with E-state index in [4.69, 9.17) is 0 Å². The lowest BCUT2D eigenvalue weighted by atomic mass is 10.1. The summed E-state index contributed by atoms with van der Waals surface area (Å²) in [6, 6.07) is 0.677. The second kappa shape index (κ2) is 5.30. The summed E-state index contributed by atoms with van der Waals surface area (Å²) < 4.78 is 0. The SMILES string of the molecule is CCCNC1CCN(c2n[nH]c(C)n2)CC1. The van der Waals surface area contributed by atoms with Crippen molar-refractivity contribution in [1.82, 2.24) is 20.5 Å². The number of aryl methyl sites for hydroxylation is 1. The van der Waals surface area contributed by atoms with Crippen LogP contribution in [-0.2, 0) is 0 Å². The lowest BCUT2D eigenvalue weighted by Gasteiger charge is -2.31. The fourth-order valence-corrected chi connectivity index (χ4v) is 2.10. The maximum absolute atomic E-state index is 4.36. The van der Waals surface area contributed by atoms with Gasteiger partial charge in [0.25, 0.3) is 0 Å². The molecule has 0 spiro atoms. The predicted molar refractivity (Wildman–Crippen MR) is 64.6 cm³/mol. The second-order valence-corrected chi connectivity index (χ2v) is 4.44. The zero-order valence-corrected chi connectivity index (χ0v) is 10.2. The molecule has 1 aromatic rings. The van der Waals surface area contributed by atoms with Crippen molar-refractivity contribution in [3.05, 3.63) is 5.82 Å². The normalized spacial score (nSPS) is 18.0. The summed E-state index contributed by atoms with van der Waals surface area (Å²) in [7, 11) is 0. The number of hydrogen-bond donors (Lipinski definition) is 2. The molecule has 2 N–H and O–H groups in total. The number of anilines is 1. The standard InChI is InChI=1S/C11H21N5/c1-3-6-12-10-4-7-16(8-5-10)11-13-9(2)14-15-11/h10,12H,3-8H2,1-2H3,(H,13,14,15). The molecule has 1 saturated heterocycles. The Bertz CT molecular complexity index is 314. The van der Waals surface area contributed by atoms with Crippen LogP contribution in [0.5, 0.6) is 0 Å². The molecule has 0 bridgehead atoms. The van der Waals surface area contributed by atoms with Gasteiger partial charge in [-0.15, -0.1) is 5.10 Å². The van der Waals surface area contributed by atoms with Crippen LogP contribution < -0.4 is 10.2 Å². The van der Waals surface area contributed by atoms with Gasteiger partial charge >= 0.3 is 0 Å². The highest BCUT2D eigenvalue weighted by molar-refractivity contribution is 5.29. The summed E-state index contributed by atoms with van der Waals surface area (Å²) in [6.45, 7) is 7.38. The van der Waals surface area contributed by atoms with E-state index < -0.39 is 0 Å². The van der Waals surface area contributed by atoms with Gasteiger partial charge in [0.05, 0.1) is 0 Å². The predicted octanol–water partition coefficient (Wildman–Crippen LogP) is 1.08. The molecular formula is C11H21N5. The Kier molecular flexibility index (Phi) is 3.77. The fourth-order valence-electron chi connectivity index (χ4n) is 2.10. The first-order chi connectivity index (χ1) is 7.79. The minimum Gasteiger partial charge on any atom is -0.339 e. The monoisotopic (exact) mass is 223 g/mol. The van der Waals surface area contributed by atoms with E-state index in [1.54, 1.807) is 0 Å². The molecular weight excluding hydrogens is 202 g/mol. The molecule has 1 aromatic heterocycles. The molecule has 2 rings (SSSR count). The largest absolute Gasteiger partial charge is 0.339 e. The van der Waals surface area contributed by atoms with Crippen LogP contribution in [0, 0.1) is 6.92 Å². The fraction of sp³-hybridized carbons (Fsp3) is 0.818. The molecule has 5 nitrogen and oxygen atoms in total. The Balaban J connectivity index is 1.81. The Morgan fingerprint density at radius 3 is 2.75 bits per heavy atom. The van der Waals surface area contributed by atoms with Crippen LogP contribution >= 0.6 is 0 Å². The summed E-state index contributed by atoms with van der Waals surface area (Å²) in [5.74, 6) is 1.74. The third-order valence-corrected chi connectivity index (χ3v) is 3.05. The van der Waals surface area contributed by atoms with Gasteiger partial charge in [0.1, 0.15) is 5.82 Å². The van der Waals surface area contributed by atoms with Gasteiger partial charge in [-0.3, -0.25) is 5.10 Å². The van der Waals surface area contributed by atoms with Crippen molar-refractivity contribution in [2.45, 2.75) is 39.2 Å². The van der Waals surface area contributed by atoms with Gasteiger partial charge in [-0.25, -0.2) is 0 Å². The van der Waals surface area contributed by atoms with Crippen molar-refractivity contribution < 1.29 is 0 Å². The lowest BCUT2D eigenvalue weighted by Crippen LogP contribution is -2.43. The zero-order chi connectivity index (χ0) is 11.4. The number of aromatic amines is 1. The summed E-state index contributed by atoms with van der Waals surface area (Å²) in [4.78, 5) is 6.62. The van der Waals surface area contributed by atoms with E-state index in [-0.39, 0.29) is 0 Å². The van der Waals surface area contributed by atoms with Crippen LogP contribution in [0.4, 0.5) is 5.95 Å². The Morgan fingerprint density at radius 1 is 1.44 bits per heavy atom. The first kappa shape index (κ1) is 11.4. The van der Waals surface area contributed by atoms with Gasteiger partial charge in [0.15, 0.2) is 0 Å². The van der Waals surface area contributed by atoms with E-state index in [2.05, 4.69) is 32.3 Å². The molecule has 16 heavy (non-hydrogen) atoms. The van der Waals surface area contributed by atoms with Crippen molar-refractivity contribution in [1.29, 1.82) is 0 Å². The van der Waals surface area contributed by atoms with Gasteiger partial charge < -0.3 is 10.2 Å². The average Bonchev–Trinajstić information content (AvgIpc) is 2.74. The van der Waals surface area contributed by atoms with Gasteiger partial charge in [-0.2, -0.15) is 4.98 Å². The van der Waals surface area contributed by atoms with Crippen molar-refractivity contribution >= 4 is 5.95 Å². The third-order valence-electron chi connectivity index (χ3n) is 3.05. The number of hydrogen-bond acceptors (Lipinski definition) is 4. The Labute approximate surface area is 96.6 Å². The molecule has 1 fully saturated rings. The number of piperidine rings is 1. The van der Waals surface area contributed by atoms with E-state index in [9.17, 15) is 0 Å². The number of nitrogens with one attached hydrogen (secondary N) is 2. The van der Waals surface area contributed by atoms with Crippen molar-refractivity contribution in [3.8, 4) is 0 Å². The molecule has 0 saturated carbocycles. The maximum atomic E-state index is 4.36.